The van der Waals surface area contributed by atoms with Crippen molar-refractivity contribution in [2.24, 2.45) is 0 Å². The molecule has 0 fully saturated rings. The number of hydrogen-bond donors (Lipinski definition) is 2. The van der Waals surface area contributed by atoms with Crippen LogP contribution < -0.4 is 5.32 Å². The lowest BCUT2D eigenvalue weighted by atomic mass is 10.0. The highest BCUT2D eigenvalue weighted by molar-refractivity contribution is 6.07. The van der Waals surface area contributed by atoms with E-state index in [0.717, 1.165) is 5.56 Å². The van der Waals surface area contributed by atoms with Crippen molar-refractivity contribution in [1.82, 2.24) is 5.32 Å². The van der Waals surface area contributed by atoms with Crippen molar-refractivity contribution in [3.8, 4) is 0 Å². The number of carboxylic acid groups (broad SMARTS) is 1. The molecule has 0 saturated carbocycles. The second-order valence-corrected chi connectivity index (χ2v) is 2.83. The zero-order chi connectivity index (χ0) is 9.42. The molecule has 0 unspecified atom stereocenters. The number of nitrogens with one attached hydrogen (secondary N) is 1. The van der Waals surface area contributed by atoms with E-state index in [2.05, 4.69) is 5.32 Å². The summed E-state index contributed by atoms with van der Waals surface area (Å²) in [6.45, 7) is 0.426. The fourth-order valence-corrected chi connectivity index (χ4v) is 1.46. The Morgan fingerprint density at radius 1 is 1.46 bits per heavy atom. The quantitative estimate of drug-likeness (QED) is 0.661. The minimum Gasteiger partial charge on any atom is -0.478 e. The summed E-state index contributed by atoms with van der Waals surface area (Å²) in [5, 5.41) is 11.4. The molecular formula is C9H7NO3. The summed E-state index contributed by atoms with van der Waals surface area (Å²) in [5.74, 6) is -1.36. The standard InChI is InChI=1S/C9H7NO3/c11-8-7-5(4-10-8)2-1-3-6(7)9(12)13/h1-3H,4H2,(H,10,11)(H,12,13). The number of rotatable bonds is 1. The number of amides is 1. The number of aromatic carboxylic acids is 1. The summed E-state index contributed by atoms with van der Waals surface area (Å²) in [6, 6.07) is 4.83. The topological polar surface area (TPSA) is 66.4 Å². The number of carbonyl (C=O) groups is 2. The van der Waals surface area contributed by atoms with Crippen LogP contribution in [0.1, 0.15) is 26.3 Å². The van der Waals surface area contributed by atoms with E-state index in [-0.39, 0.29) is 11.5 Å². The van der Waals surface area contributed by atoms with Crippen LogP contribution in [0.25, 0.3) is 0 Å². The minimum atomic E-state index is -1.06. The number of fused-ring (bicyclic) bond motifs is 1. The zero-order valence-corrected chi connectivity index (χ0v) is 6.70. The van der Waals surface area contributed by atoms with Gasteiger partial charge in [-0.25, -0.2) is 4.79 Å². The maximum atomic E-state index is 11.2. The van der Waals surface area contributed by atoms with Gasteiger partial charge < -0.3 is 10.4 Å². The molecule has 1 aliphatic rings. The average molecular weight is 177 g/mol. The van der Waals surface area contributed by atoms with Crippen molar-refractivity contribution in [3.63, 3.8) is 0 Å². The Labute approximate surface area is 74.2 Å². The van der Waals surface area contributed by atoms with Gasteiger partial charge in [0.25, 0.3) is 5.91 Å². The first kappa shape index (κ1) is 7.79. The van der Waals surface area contributed by atoms with Gasteiger partial charge in [0.05, 0.1) is 11.1 Å². The van der Waals surface area contributed by atoms with Crippen LogP contribution in [0.5, 0.6) is 0 Å². The summed E-state index contributed by atoms with van der Waals surface area (Å²) in [5.41, 5.74) is 1.13. The molecule has 0 aliphatic carbocycles. The first-order valence-corrected chi connectivity index (χ1v) is 3.83. The summed E-state index contributed by atoms with van der Waals surface area (Å²) in [4.78, 5) is 21.9. The Morgan fingerprint density at radius 3 is 2.92 bits per heavy atom. The van der Waals surface area contributed by atoms with Gasteiger partial charge in [-0.1, -0.05) is 12.1 Å². The highest BCUT2D eigenvalue weighted by Gasteiger charge is 2.24. The zero-order valence-electron chi connectivity index (χ0n) is 6.70. The molecule has 0 aromatic heterocycles. The molecule has 4 heteroatoms. The Balaban J connectivity index is 2.66. The van der Waals surface area contributed by atoms with E-state index in [1.165, 1.54) is 6.07 Å². The summed E-state index contributed by atoms with van der Waals surface area (Å²) < 4.78 is 0. The van der Waals surface area contributed by atoms with E-state index in [1.54, 1.807) is 12.1 Å². The summed E-state index contributed by atoms with van der Waals surface area (Å²) in [7, 11) is 0. The molecule has 2 N–H and O–H groups in total. The molecule has 1 aromatic carbocycles. The van der Waals surface area contributed by atoms with Gasteiger partial charge >= 0.3 is 5.97 Å². The maximum absolute atomic E-state index is 11.2. The van der Waals surface area contributed by atoms with Crippen LogP contribution in [-0.4, -0.2) is 17.0 Å². The Kier molecular flexibility index (Phi) is 1.55. The van der Waals surface area contributed by atoms with Crippen molar-refractivity contribution >= 4 is 11.9 Å². The molecular weight excluding hydrogens is 170 g/mol. The highest BCUT2D eigenvalue weighted by atomic mass is 16.4. The summed E-state index contributed by atoms with van der Waals surface area (Å²) in [6.07, 6.45) is 0. The third kappa shape index (κ3) is 1.07. The van der Waals surface area contributed by atoms with E-state index >= 15 is 0 Å². The molecule has 1 heterocycles. The highest BCUT2D eigenvalue weighted by Crippen LogP contribution is 2.19. The number of carbonyl (C=O) groups excluding carboxylic acids is 1. The monoisotopic (exact) mass is 177 g/mol. The maximum Gasteiger partial charge on any atom is 0.336 e. The Hall–Kier alpha value is -1.84. The van der Waals surface area contributed by atoms with Crippen molar-refractivity contribution in [1.29, 1.82) is 0 Å². The fraction of sp³-hybridized carbons (Fsp3) is 0.111. The van der Waals surface area contributed by atoms with E-state index < -0.39 is 5.97 Å². The molecule has 4 nitrogen and oxygen atoms in total. The third-order valence-corrected chi connectivity index (χ3v) is 2.05. The van der Waals surface area contributed by atoms with Crippen LogP contribution in [0.4, 0.5) is 0 Å². The lowest BCUT2D eigenvalue weighted by Crippen LogP contribution is -2.15. The average Bonchev–Trinajstić information content (AvgIpc) is 2.48. The van der Waals surface area contributed by atoms with Gasteiger partial charge in [-0.15, -0.1) is 0 Å². The van der Waals surface area contributed by atoms with Gasteiger partial charge in [0.1, 0.15) is 0 Å². The lowest BCUT2D eigenvalue weighted by molar-refractivity contribution is 0.0692. The lowest BCUT2D eigenvalue weighted by Gasteiger charge is -1.99. The van der Waals surface area contributed by atoms with Gasteiger partial charge in [-0.2, -0.15) is 0 Å². The van der Waals surface area contributed by atoms with Gasteiger partial charge in [-0.3, -0.25) is 4.79 Å². The first-order valence-electron chi connectivity index (χ1n) is 3.83. The number of benzene rings is 1. The van der Waals surface area contributed by atoms with Crippen LogP contribution in [0.3, 0.4) is 0 Å². The van der Waals surface area contributed by atoms with Crippen molar-refractivity contribution < 1.29 is 14.7 Å². The Bertz CT molecular complexity index is 398. The SMILES string of the molecule is O=C(O)c1cccc2c1C(=O)NC2. The van der Waals surface area contributed by atoms with Gasteiger partial charge in [0.15, 0.2) is 0 Å². The Morgan fingerprint density at radius 2 is 2.23 bits per heavy atom. The molecule has 0 bridgehead atoms. The second kappa shape index (κ2) is 2.58. The number of hydrogen-bond acceptors (Lipinski definition) is 2. The predicted octanol–water partition coefficient (Wildman–Crippen LogP) is 0.628. The van der Waals surface area contributed by atoms with Crippen LogP contribution in [0.15, 0.2) is 18.2 Å². The van der Waals surface area contributed by atoms with Crippen LogP contribution >= 0.6 is 0 Å². The second-order valence-electron chi connectivity index (χ2n) is 2.83. The molecule has 0 radical (unpaired) electrons. The van der Waals surface area contributed by atoms with Crippen molar-refractivity contribution in [3.05, 3.63) is 34.9 Å². The van der Waals surface area contributed by atoms with Gasteiger partial charge in [-0.05, 0) is 11.6 Å². The molecule has 1 aliphatic heterocycles. The summed E-state index contributed by atoms with van der Waals surface area (Å²) >= 11 is 0. The van der Waals surface area contributed by atoms with Crippen molar-refractivity contribution in [2.45, 2.75) is 6.54 Å². The molecule has 66 valence electrons. The van der Waals surface area contributed by atoms with E-state index in [4.69, 9.17) is 5.11 Å². The fourth-order valence-electron chi connectivity index (χ4n) is 1.46. The largest absolute Gasteiger partial charge is 0.478 e. The molecule has 0 atom stereocenters. The first-order chi connectivity index (χ1) is 6.20. The van der Waals surface area contributed by atoms with Gasteiger partial charge in [0.2, 0.25) is 0 Å². The molecule has 2 rings (SSSR count). The smallest absolute Gasteiger partial charge is 0.336 e. The molecule has 1 amide bonds. The third-order valence-electron chi connectivity index (χ3n) is 2.05. The molecule has 1 aromatic rings. The predicted molar refractivity (Wildman–Crippen MR) is 44.6 cm³/mol. The van der Waals surface area contributed by atoms with Crippen molar-refractivity contribution in [2.75, 3.05) is 0 Å². The van der Waals surface area contributed by atoms with E-state index in [0.29, 0.717) is 12.1 Å². The molecule has 13 heavy (non-hydrogen) atoms. The van der Waals surface area contributed by atoms with Crippen LogP contribution in [-0.2, 0) is 6.54 Å². The van der Waals surface area contributed by atoms with Gasteiger partial charge in [0, 0.05) is 6.54 Å². The van der Waals surface area contributed by atoms with E-state index in [1.807, 2.05) is 0 Å². The van der Waals surface area contributed by atoms with Crippen LogP contribution in [0.2, 0.25) is 0 Å². The minimum absolute atomic E-state index is 0.0764. The normalized spacial score (nSPS) is 13.7. The number of carboxylic acids is 1. The molecule has 0 spiro atoms. The van der Waals surface area contributed by atoms with E-state index in [9.17, 15) is 9.59 Å². The molecule has 0 saturated heterocycles. The van der Waals surface area contributed by atoms with Crippen LogP contribution in [0, 0.1) is 0 Å².